The lowest BCUT2D eigenvalue weighted by Crippen LogP contribution is -2.10. The molecule has 0 spiro atoms. The van der Waals surface area contributed by atoms with Crippen LogP contribution in [-0.2, 0) is 6.54 Å². The maximum atomic E-state index is 11.4. The molecule has 0 amide bonds. The number of hydrogen-bond acceptors (Lipinski definition) is 6. The number of benzene rings is 1. The number of nitriles is 1. The SMILES string of the molecule is N#CCCn1cc(/C=N\Nc2cn[nH]c(=O)c2Cl)c(-c2ccccc2)n1. The highest BCUT2D eigenvalue weighted by Gasteiger charge is 2.10. The summed E-state index contributed by atoms with van der Waals surface area (Å²) in [6, 6.07) is 11.8. The monoisotopic (exact) mass is 367 g/mol. The van der Waals surface area contributed by atoms with Crippen molar-refractivity contribution in [3.8, 4) is 17.3 Å². The summed E-state index contributed by atoms with van der Waals surface area (Å²) in [6.45, 7) is 0.488. The molecule has 0 saturated carbocycles. The molecular formula is C17H14ClN7O. The molecule has 2 N–H and O–H groups in total. The quantitative estimate of drug-likeness (QED) is 0.513. The molecule has 3 rings (SSSR count). The lowest BCUT2D eigenvalue weighted by atomic mass is 10.1. The van der Waals surface area contributed by atoms with Crippen LogP contribution in [0, 0.1) is 11.3 Å². The van der Waals surface area contributed by atoms with Gasteiger partial charge in [0.25, 0.3) is 5.56 Å². The van der Waals surface area contributed by atoms with Gasteiger partial charge < -0.3 is 0 Å². The first-order valence-corrected chi connectivity index (χ1v) is 8.09. The number of nitrogens with one attached hydrogen (secondary N) is 2. The number of aromatic nitrogens is 4. The third-order valence-electron chi connectivity index (χ3n) is 3.47. The number of nitrogens with zero attached hydrogens (tertiary/aromatic N) is 5. The molecule has 3 aromatic rings. The predicted octanol–water partition coefficient (Wildman–Crippen LogP) is 2.65. The molecule has 0 fully saturated rings. The van der Waals surface area contributed by atoms with Crippen LogP contribution in [0.5, 0.6) is 0 Å². The first-order valence-electron chi connectivity index (χ1n) is 7.71. The highest BCUT2D eigenvalue weighted by Crippen LogP contribution is 2.21. The van der Waals surface area contributed by atoms with Gasteiger partial charge in [0.1, 0.15) is 16.4 Å². The van der Waals surface area contributed by atoms with Crippen LogP contribution in [0.1, 0.15) is 12.0 Å². The van der Waals surface area contributed by atoms with Gasteiger partial charge in [-0.3, -0.25) is 14.9 Å². The van der Waals surface area contributed by atoms with Crippen molar-refractivity contribution < 1.29 is 0 Å². The molecule has 0 unspecified atom stereocenters. The highest BCUT2D eigenvalue weighted by atomic mass is 35.5. The summed E-state index contributed by atoms with van der Waals surface area (Å²) in [6.07, 6.45) is 5.12. The van der Waals surface area contributed by atoms with E-state index >= 15 is 0 Å². The zero-order valence-corrected chi connectivity index (χ0v) is 14.3. The Balaban J connectivity index is 1.88. The van der Waals surface area contributed by atoms with Crippen LogP contribution in [-0.4, -0.2) is 26.2 Å². The topological polar surface area (TPSA) is 112 Å². The van der Waals surface area contributed by atoms with Gasteiger partial charge >= 0.3 is 0 Å². The van der Waals surface area contributed by atoms with Crippen LogP contribution in [0.2, 0.25) is 5.02 Å². The van der Waals surface area contributed by atoms with Crippen molar-refractivity contribution in [1.82, 2.24) is 20.0 Å². The van der Waals surface area contributed by atoms with Gasteiger partial charge in [-0.1, -0.05) is 41.9 Å². The van der Waals surface area contributed by atoms with E-state index in [9.17, 15) is 4.79 Å². The van der Waals surface area contributed by atoms with Crippen molar-refractivity contribution >= 4 is 23.5 Å². The molecule has 9 heteroatoms. The van der Waals surface area contributed by atoms with Crippen LogP contribution in [0.15, 0.2) is 52.6 Å². The van der Waals surface area contributed by atoms with Gasteiger partial charge in [-0.2, -0.15) is 20.6 Å². The lowest BCUT2D eigenvalue weighted by molar-refractivity contribution is 0.629. The predicted molar refractivity (Wildman–Crippen MR) is 99.0 cm³/mol. The van der Waals surface area contributed by atoms with Crippen molar-refractivity contribution in [3.05, 3.63) is 63.7 Å². The second-order valence-electron chi connectivity index (χ2n) is 5.27. The number of anilines is 1. The van der Waals surface area contributed by atoms with E-state index in [4.69, 9.17) is 16.9 Å². The fraction of sp³-hybridized carbons (Fsp3) is 0.118. The van der Waals surface area contributed by atoms with Gasteiger partial charge in [-0.15, -0.1) is 0 Å². The summed E-state index contributed by atoms with van der Waals surface area (Å²) in [5.41, 5.74) is 4.93. The average Bonchev–Trinajstić information content (AvgIpc) is 3.07. The molecule has 0 bridgehead atoms. The molecule has 0 aliphatic carbocycles. The van der Waals surface area contributed by atoms with Crippen molar-refractivity contribution in [2.45, 2.75) is 13.0 Å². The van der Waals surface area contributed by atoms with Crippen molar-refractivity contribution in [1.29, 1.82) is 5.26 Å². The van der Waals surface area contributed by atoms with Gasteiger partial charge in [0.2, 0.25) is 0 Å². The third-order valence-corrected chi connectivity index (χ3v) is 3.85. The Morgan fingerprint density at radius 1 is 1.38 bits per heavy atom. The smallest absolute Gasteiger partial charge is 0.275 e. The number of hydrogen-bond donors (Lipinski definition) is 2. The summed E-state index contributed by atoms with van der Waals surface area (Å²) >= 11 is 5.90. The third kappa shape index (κ3) is 3.96. The van der Waals surface area contributed by atoms with Gasteiger partial charge in [-0.25, -0.2) is 5.10 Å². The van der Waals surface area contributed by atoms with Gasteiger partial charge in [0.05, 0.1) is 31.4 Å². The molecule has 0 aliphatic rings. The molecule has 0 radical (unpaired) electrons. The largest absolute Gasteiger partial charge is 0.285 e. The van der Waals surface area contributed by atoms with Crippen LogP contribution < -0.4 is 11.0 Å². The van der Waals surface area contributed by atoms with E-state index in [1.807, 2.05) is 36.5 Å². The molecule has 0 atom stereocenters. The van der Waals surface area contributed by atoms with E-state index in [0.717, 1.165) is 16.8 Å². The lowest BCUT2D eigenvalue weighted by Gasteiger charge is -2.01. The van der Waals surface area contributed by atoms with Crippen molar-refractivity contribution in [3.63, 3.8) is 0 Å². The number of H-pyrrole nitrogens is 1. The summed E-state index contributed by atoms with van der Waals surface area (Å²) in [5, 5.41) is 23.3. The maximum absolute atomic E-state index is 11.4. The van der Waals surface area contributed by atoms with Gasteiger partial charge in [-0.05, 0) is 0 Å². The van der Waals surface area contributed by atoms with E-state index in [1.165, 1.54) is 6.20 Å². The van der Waals surface area contributed by atoms with Crippen LogP contribution >= 0.6 is 11.6 Å². The first kappa shape index (κ1) is 17.4. The normalized spacial score (nSPS) is 10.8. The Bertz CT molecular complexity index is 1020. The molecular weight excluding hydrogens is 354 g/mol. The Labute approximate surface area is 153 Å². The Kier molecular flexibility index (Phi) is 5.41. The number of halogens is 1. The molecule has 1 aromatic carbocycles. The molecule has 26 heavy (non-hydrogen) atoms. The summed E-state index contributed by atoms with van der Waals surface area (Å²) < 4.78 is 1.70. The van der Waals surface area contributed by atoms with E-state index in [1.54, 1.807) is 10.9 Å². The Hall–Kier alpha value is -3.44. The maximum Gasteiger partial charge on any atom is 0.285 e. The summed E-state index contributed by atoms with van der Waals surface area (Å²) in [4.78, 5) is 11.4. The zero-order chi connectivity index (χ0) is 18.4. The number of rotatable bonds is 6. The molecule has 8 nitrogen and oxygen atoms in total. The summed E-state index contributed by atoms with van der Waals surface area (Å²) in [7, 11) is 0. The highest BCUT2D eigenvalue weighted by molar-refractivity contribution is 6.32. The first-order chi connectivity index (χ1) is 12.7. The molecule has 130 valence electrons. The minimum atomic E-state index is -0.499. The van der Waals surface area contributed by atoms with Gasteiger partial charge in [0, 0.05) is 17.3 Å². The van der Waals surface area contributed by atoms with Crippen LogP contribution in [0.3, 0.4) is 0 Å². The number of aryl methyl sites for hydroxylation is 1. The van der Waals surface area contributed by atoms with E-state index < -0.39 is 5.56 Å². The van der Waals surface area contributed by atoms with Crippen molar-refractivity contribution in [2.75, 3.05) is 5.43 Å². The van der Waals surface area contributed by atoms with Gasteiger partial charge in [0.15, 0.2) is 0 Å². The number of aromatic amines is 1. The van der Waals surface area contributed by atoms with Crippen LogP contribution in [0.25, 0.3) is 11.3 Å². The summed E-state index contributed by atoms with van der Waals surface area (Å²) in [5.74, 6) is 0. The Morgan fingerprint density at radius 3 is 2.96 bits per heavy atom. The average molecular weight is 368 g/mol. The number of hydrazone groups is 1. The zero-order valence-electron chi connectivity index (χ0n) is 13.6. The second kappa shape index (κ2) is 8.09. The molecule has 0 saturated heterocycles. The molecule has 2 aromatic heterocycles. The standard InChI is InChI=1S/C17H14ClN7O/c18-15-14(10-21-23-17(15)26)22-20-9-13-11-25(8-4-7-19)24-16(13)12-5-2-1-3-6-12/h1-3,5-6,9-11H,4,8H2,(H2,22,23,26)/b20-9-. The minimum Gasteiger partial charge on any atom is -0.275 e. The molecule has 0 aliphatic heterocycles. The van der Waals surface area contributed by atoms with E-state index in [2.05, 4.69) is 31.9 Å². The van der Waals surface area contributed by atoms with E-state index in [0.29, 0.717) is 18.7 Å². The minimum absolute atomic E-state index is 0.0230. The Morgan fingerprint density at radius 2 is 2.19 bits per heavy atom. The van der Waals surface area contributed by atoms with Crippen LogP contribution in [0.4, 0.5) is 5.69 Å². The van der Waals surface area contributed by atoms with Crippen molar-refractivity contribution in [2.24, 2.45) is 5.10 Å². The molecule has 2 heterocycles. The fourth-order valence-corrected chi connectivity index (χ4v) is 2.40. The second-order valence-corrected chi connectivity index (χ2v) is 5.65. The van der Waals surface area contributed by atoms with E-state index in [-0.39, 0.29) is 5.02 Å². The fourth-order valence-electron chi connectivity index (χ4n) is 2.26.